The van der Waals surface area contributed by atoms with Crippen LogP contribution in [0.1, 0.15) is 24.6 Å². The maximum absolute atomic E-state index is 5.85. The Morgan fingerprint density at radius 1 is 1.20 bits per heavy atom. The number of ether oxygens (including phenoxy) is 1. The predicted molar refractivity (Wildman–Crippen MR) is 81.3 cm³/mol. The molecule has 0 unspecified atom stereocenters. The van der Waals surface area contributed by atoms with Crippen molar-refractivity contribution in [1.82, 2.24) is 9.97 Å². The first-order valence-corrected chi connectivity index (χ1v) is 7.02. The van der Waals surface area contributed by atoms with Crippen molar-refractivity contribution in [1.29, 1.82) is 0 Å². The first-order valence-electron chi connectivity index (χ1n) is 6.64. The summed E-state index contributed by atoms with van der Waals surface area (Å²) in [7, 11) is 0. The Labute approximate surface area is 124 Å². The van der Waals surface area contributed by atoms with E-state index in [1.807, 2.05) is 37.3 Å². The number of aryl methyl sites for hydroxylation is 1. The Balaban J connectivity index is 2.01. The van der Waals surface area contributed by atoms with Gasteiger partial charge in [-0.3, -0.25) is 0 Å². The molecule has 1 aromatic carbocycles. The molecule has 0 spiro atoms. The van der Waals surface area contributed by atoms with Gasteiger partial charge in [-0.25, -0.2) is 4.98 Å². The molecule has 106 valence electrons. The molecule has 0 bridgehead atoms. The molecule has 1 heterocycles. The minimum absolute atomic E-state index is 0.459. The van der Waals surface area contributed by atoms with Crippen molar-refractivity contribution >= 4 is 17.5 Å². The number of hydrogen-bond acceptors (Lipinski definition) is 4. The summed E-state index contributed by atoms with van der Waals surface area (Å²) in [5.74, 6) is 1.18. The van der Waals surface area contributed by atoms with Crippen LogP contribution in [0.4, 0.5) is 5.95 Å². The van der Waals surface area contributed by atoms with Gasteiger partial charge in [0.2, 0.25) is 11.8 Å². The Hall–Kier alpha value is -1.81. The van der Waals surface area contributed by atoms with E-state index in [-0.39, 0.29) is 0 Å². The summed E-state index contributed by atoms with van der Waals surface area (Å²) in [5.41, 5.74) is 1.93. The number of aromatic nitrogens is 2. The van der Waals surface area contributed by atoms with E-state index < -0.39 is 0 Å². The molecule has 1 N–H and O–H groups in total. The Morgan fingerprint density at radius 2 is 1.95 bits per heavy atom. The summed E-state index contributed by atoms with van der Waals surface area (Å²) < 4.78 is 5.70. The summed E-state index contributed by atoms with van der Waals surface area (Å²) >= 11 is 5.85. The van der Waals surface area contributed by atoms with E-state index in [0.29, 0.717) is 18.4 Å². The van der Waals surface area contributed by atoms with E-state index in [2.05, 4.69) is 22.2 Å². The van der Waals surface area contributed by atoms with E-state index in [9.17, 15) is 0 Å². The molecule has 5 heteroatoms. The minimum atomic E-state index is 0.459. The summed E-state index contributed by atoms with van der Waals surface area (Å²) in [6, 6.07) is 9.39. The quantitative estimate of drug-likeness (QED) is 0.878. The summed E-state index contributed by atoms with van der Waals surface area (Å²) in [5, 5.41) is 3.88. The number of halogens is 1. The standard InChI is InChI=1S/C15H18ClN3O/c1-3-8-17-15-18-11(2)9-14(19-15)20-10-12-4-6-13(16)7-5-12/h4-7,9H,3,8,10H2,1-2H3,(H,17,18,19). The van der Waals surface area contributed by atoms with Crippen molar-refractivity contribution in [3.8, 4) is 5.88 Å². The zero-order chi connectivity index (χ0) is 14.4. The van der Waals surface area contributed by atoms with Crippen LogP contribution in [0, 0.1) is 6.92 Å². The summed E-state index contributed by atoms with van der Waals surface area (Å²) in [6.07, 6.45) is 1.03. The van der Waals surface area contributed by atoms with E-state index in [4.69, 9.17) is 16.3 Å². The van der Waals surface area contributed by atoms with Crippen LogP contribution >= 0.6 is 11.6 Å². The number of anilines is 1. The van der Waals surface area contributed by atoms with Crippen LogP contribution in [0.3, 0.4) is 0 Å². The average molecular weight is 292 g/mol. The third-order valence-corrected chi connectivity index (χ3v) is 2.92. The molecule has 0 saturated carbocycles. The van der Waals surface area contributed by atoms with Crippen molar-refractivity contribution in [3.05, 3.63) is 46.6 Å². The number of nitrogens with one attached hydrogen (secondary N) is 1. The summed E-state index contributed by atoms with van der Waals surface area (Å²) in [4.78, 5) is 8.65. The van der Waals surface area contributed by atoms with Gasteiger partial charge in [0.25, 0.3) is 0 Å². The fraction of sp³-hybridized carbons (Fsp3) is 0.333. The van der Waals surface area contributed by atoms with E-state index in [1.54, 1.807) is 0 Å². The van der Waals surface area contributed by atoms with E-state index >= 15 is 0 Å². The van der Waals surface area contributed by atoms with Gasteiger partial charge < -0.3 is 10.1 Å². The predicted octanol–water partition coefficient (Wildman–Crippen LogP) is 3.84. The van der Waals surface area contributed by atoms with Crippen LogP contribution < -0.4 is 10.1 Å². The largest absolute Gasteiger partial charge is 0.473 e. The van der Waals surface area contributed by atoms with Gasteiger partial charge in [0.15, 0.2) is 0 Å². The van der Waals surface area contributed by atoms with Crippen LogP contribution in [0.25, 0.3) is 0 Å². The lowest BCUT2D eigenvalue weighted by atomic mass is 10.2. The second kappa shape index (κ2) is 7.10. The number of rotatable bonds is 6. The Morgan fingerprint density at radius 3 is 2.65 bits per heavy atom. The molecule has 0 atom stereocenters. The van der Waals surface area contributed by atoms with Gasteiger partial charge in [0.05, 0.1) is 0 Å². The molecular formula is C15H18ClN3O. The highest BCUT2D eigenvalue weighted by Crippen LogP contribution is 2.15. The van der Waals surface area contributed by atoms with Crippen LogP contribution in [0.2, 0.25) is 5.02 Å². The molecule has 2 rings (SSSR count). The zero-order valence-electron chi connectivity index (χ0n) is 11.7. The maximum atomic E-state index is 5.85. The second-order valence-corrected chi connectivity index (χ2v) is 4.95. The first kappa shape index (κ1) is 14.6. The highest BCUT2D eigenvalue weighted by molar-refractivity contribution is 6.30. The molecule has 1 aromatic heterocycles. The van der Waals surface area contributed by atoms with Crippen LogP contribution in [0.5, 0.6) is 5.88 Å². The van der Waals surface area contributed by atoms with E-state index in [1.165, 1.54) is 0 Å². The van der Waals surface area contributed by atoms with Crippen LogP contribution in [-0.2, 0) is 6.61 Å². The topological polar surface area (TPSA) is 47.0 Å². The van der Waals surface area contributed by atoms with Gasteiger partial charge in [-0.1, -0.05) is 30.7 Å². The highest BCUT2D eigenvalue weighted by Gasteiger charge is 2.03. The van der Waals surface area contributed by atoms with Crippen molar-refractivity contribution in [2.45, 2.75) is 26.9 Å². The molecule has 0 amide bonds. The monoisotopic (exact) mass is 291 g/mol. The lowest BCUT2D eigenvalue weighted by Gasteiger charge is -2.09. The Bertz CT molecular complexity index is 558. The van der Waals surface area contributed by atoms with Crippen molar-refractivity contribution in [3.63, 3.8) is 0 Å². The van der Waals surface area contributed by atoms with Gasteiger partial charge >= 0.3 is 0 Å². The molecule has 20 heavy (non-hydrogen) atoms. The SMILES string of the molecule is CCCNc1nc(C)cc(OCc2ccc(Cl)cc2)n1. The molecule has 0 saturated heterocycles. The number of hydrogen-bond donors (Lipinski definition) is 1. The molecule has 0 aliphatic rings. The maximum Gasteiger partial charge on any atom is 0.226 e. The minimum Gasteiger partial charge on any atom is -0.473 e. The molecule has 0 aliphatic carbocycles. The molecule has 0 radical (unpaired) electrons. The third kappa shape index (κ3) is 4.38. The van der Waals surface area contributed by atoms with E-state index in [0.717, 1.165) is 29.2 Å². The normalized spacial score (nSPS) is 10.3. The van der Waals surface area contributed by atoms with Gasteiger partial charge in [-0.2, -0.15) is 4.98 Å². The van der Waals surface area contributed by atoms with Gasteiger partial charge in [-0.15, -0.1) is 0 Å². The number of nitrogens with zero attached hydrogens (tertiary/aromatic N) is 2. The smallest absolute Gasteiger partial charge is 0.226 e. The molecule has 0 fully saturated rings. The lowest BCUT2D eigenvalue weighted by molar-refractivity contribution is 0.293. The van der Waals surface area contributed by atoms with Gasteiger partial charge in [0.1, 0.15) is 6.61 Å². The number of benzene rings is 1. The Kier molecular flexibility index (Phi) is 5.18. The fourth-order valence-corrected chi connectivity index (χ4v) is 1.79. The first-order chi connectivity index (χ1) is 9.67. The third-order valence-electron chi connectivity index (χ3n) is 2.66. The lowest BCUT2D eigenvalue weighted by Crippen LogP contribution is -2.07. The molecule has 0 aliphatic heterocycles. The van der Waals surface area contributed by atoms with Gasteiger partial charge in [0, 0.05) is 23.3 Å². The van der Waals surface area contributed by atoms with Crippen molar-refractivity contribution < 1.29 is 4.74 Å². The van der Waals surface area contributed by atoms with Crippen LogP contribution in [0.15, 0.2) is 30.3 Å². The van der Waals surface area contributed by atoms with Crippen molar-refractivity contribution in [2.24, 2.45) is 0 Å². The fourth-order valence-electron chi connectivity index (χ4n) is 1.67. The molecule has 2 aromatic rings. The van der Waals surface area contributed by atoms with Gasteiger partial charge in [-0.05, 0) is 31.0 Å². The average Bonchev–Trinajstić information content (AvgIpc) is 2.44. The van der Waals surface area contributed by atoms with Crippen LogP contribution in [-0.4, -0.2) is 16.5 Å². The van der Waals surface area contributed by atoms with Crippen molar-refractivity contribution in [2.75, 3.05) is 11.9 Å². The zero-order valence-corrected chi connectivity index (χ0v) is 12.4. The highest BCUT2D eigenvalue weighted by atomic mass is 35.5. The second-order valence-electron chi connectivity index (χ2n) is 4.51. The molecule has 4 nitrogen and oxygen atoms in total. The summed E-state index contributed by atoms with van der Waals surface area (Å²) in [6.45, 7) is 5.33. The molecular weight excluding hydrogens is 274 g/mol.